The van der Waals surface area contributed by atoms with Gasteiger partial charge >= 0.3 is 0 Å². The Kier molecular flexibility index (Phi) is 5.45. The van der Waals surface area contributed by atoms with Gasteiger partial charge in [0.1, 0.15) is 17.7 Å². The molecule has 0 fully saturated rings. The Hall–Kier alpha value is -1.54. The van der Waals surface area contributed by atoms with Gasteiger partial charge in [0.2, 0.25) is 0 Å². The molecule has 3 heterocycles. The molecule has 1 aliphatic rings. The molecule has 0 saturated heterocycles. The van der Waals surface area contributed by atoms with Crippen LogP contribution in [-0.4, -0.2) is 15.8 Å². The van der Waals surface area contributed by atoms with Crippen molar-refractivity contribution in [1.29, 1.82) is 0 Å². The molecule has 138 valence electrons. The highest BCUT2D eigenvalue weighted by atomic mass is 79.9. The van der Waals surface area contributed by atoms with E-state index in [9.17, 15) is 13.9 Å². The average Bonchev–Trinajstić information content (AvgIpc) is 3.28. The van der Waals surface area contributed by atoms with E-state index in [0.29, 0.717) is 16.9 Å². The van der Waals surface area contributed by atoms with Gasteiger partial charge in [-0.3, -0.25) is 4.98 Å². The first kappa shape index (κ1) is 18.8. The van der Waals surface area contributed by atoms with Gasteiger partial charge in [0.25, 0.3) is 0 Å². The van der Waals surface area contributed by atoms with Crippen LogP contribution in [0.1, 0.15) is 28.0 Å². The summed E-state index contributed by atoms with van der Waals surface area (Å²) < 4.78 is 28.9. The zero-order valence-corrected chi connectivity index (χ0v) is 17.1. The van der Waals surface area contributed by atoms with Gasteiger partial charge in [-0.2, -0.15) is 0 Å². The molecule has 0 radical (unpaired) electrons. The predicted octanol–water partition coefficient (Wildman–Crippen LogP) is 6.16. The van der Waals surface area contributed by atoms with Gasteiger partial charge in [0.05, 0.1) is 3.79 Å². The lowest BCUT2D eigenvalue weighted by molar-refractivity contribution is 0.210. The normalized spacial score (nSPS) is 18.1. The number of benzene rings is 1. The Labute approximate surface area is 172 Å². The fraction of sp³-hybridized carbons (Fsp3) is 0.150. The smallest absolute Gasteiger partial charge is 0.129 e. The molecule has 1 N–H and O–H groups in total. The summed E-state index contributed by atoms with van der Waals surface area (Å²) in [6.07, 6.45) is 2.34. The van der Waals surface area contributed by atoms with Crippen molar-refractivity contribution < 1.29 is 13.9 Å². The number of thioether (sulfide) groups is 1. The topological polar surface area (TPSA) is 33.1 Å². The first-order chi connectivity index (χ1) is 13.0. The molecular formula is C20H14BrF2NOS2. The van der Waals surface area contributed by atoms with E-state index >= 15 is 0 Å². The van der Waals surface area contributed by atoms with Crippen LogP contribution in [0.5, 0.6) is 0 Å². The molecule has 4 rings (SSSR count). The summed E-state index contributed by atoms with van der Waals surface area (Å²) >= 11 is 6.62. The van der Waals surface area contributed by atoms with E-state index in [1.807, 2.05) is 12.1 Å². The van der Waals surface area contributed by atoms with Gasteiger partial charge in [0, 0.05) is 45.5 Å². The van der Waals surface area contributed by atoms with Crippen LogP contribution in [0.3, 0.4) is 0 Å². The fourth-order valence-electron chi connectivity index (χ4n) is 3.22. The number of hydrogen-bond acceptors (Lipinski definition) is 4. The first-order valence-electron chi connectivity index (χ1n) is 8.20. The molecule has 0 amide bonds. The second-order valence-electron chi connectivity index (χ2n) is 6.11. The van der Waals surface area contributed by atoms with Crippen LogP contribution >= 0.6 is 39.0 Å². The Morgan fingerprint density at radius 1 is 1.19 bits per heavy atom. The second-order valence-corrected chi connectivity index (χ2v) is 9.60. The minimum Gasteiger partial charge on any atom is -0.384 e. The average molecular weight is 466 g/mol. The fourth-order valence-corrected chi connectivity index (χ4v) is 6.19. The van der Waals surface area contributed by atoms with Crippen molar-refractivity contribution in [3.8, 4) is 0 Å². The highest BCUT2D eigenvalue weighted by Gasteiger charge is 2.35. The number of aromatic nitrogens is 1. The monoisotopic (exact) mass is 465 g/mol. The summed E-state index contributed by atoms with van der Waals surface area (Å²) in [5, 5.41) is 11.1. The van der Waals surface area contributed by atoms with Crippen molar-refractivity contribution in [2.75, 3.05) is 5.75 Å². The standard InChI is InChI=1S/C20H14BrF2NOS2/c21-17-6-5-16(27-17)20-18(19(25)11-2-1-7-24-9-11)14(10-26-20)13-4-3-12(22)8-15(13)23/h1-9,14,19,25H,10H2. The van der Waals surface area contributed by atoms with Crippen molar-refractivity contribution in [2.45, 2.75) is 12.0 Å². The summed E-state index contributed by atoms with van der Waals surface area (Å²) in [6.45, 7) is 0. The largest absolute Gasteiger partial charge is 0.384 e. The maximum Gasteiger partial charge on any atom is 0.129 e. The van der Waals surface area contributed by atoms with E-state index in [1.165, 1.54) is 12.1 Å². The highest BCUT2D eigenvalue weighted by molar-refractivity contribution is 9.11. The van der Waals surface area contributed by atoms with Crippen LogP contribution < -0.4 is 0 Å². The van der Waals surface area contributed by atoms with Gasteiger partial charge in [-0.15, -0.1) is 23.1 Å². The van der Waals surface area contributed by atoms with E-state index in [-0.39, 0.29) is 5.92 Å². The van der Waals surface area contributed by atoms with Crippen LogP contribution in [0.15, 0.2) is 64.2 Å². The van der Waals surface area contributed by atoms with Gasteiger partial charge in [0.15, 0.2) is 0 Å². The summed E-state index contributed by atoms with van der Waals surface area (Å²) in [7, 11) is 0. The second kappa shape index (κ2) is 7.83. The van der Waals surface area contributed by atoms with Gasteiger partial charge in [-0.1, -0.05) is 12.1 Å². The zero-order chi connectivity index (χ0) is 19.0. The predicted molar refractivity (Wildman–Crippen MR) is 110 cm³/mol. The molecule has 0 bridgehead atoms. The SMILES string of the molecule is OC(C1=C(c2ccc(Br)s2)SCC1c1ccc(F)cc1F)c1cccnc1. The van der Waals surface area contributed by atoms with Crippen LogP contribution in [0.2, 0.25) is 0 Å². The minimum absolute atomic E-state index is 0.346. The van der Waals surface area contributed by atoms with E-state index in [2.05, 4.69) is 20.9 Å². The summed E-state index contributed by atoms with van der Waals surface area (Å²) in [5.74, 6) is -0.963. The number of aliphatic hydroxyl groups excluding tert-OH is 1. The van der Waals surface area contributed by atoms with Gasteiger partial charge in [-0.05, 0) is 51.3 Å². The summed E-state index contributed by atoms with van der Waals surface area (Å²) in [4.78, 5) is 6.04. The Morgan fingerprint density at radius 3 is 2.70 bits per heavy atom. The number of aliphatic hydroxyl groups is 1. The third-order valence-electron chi connectivity index (χ3n) is 4.46. The summed E-state index contributed by atoms with van der Waals surface area (Å²) in [6, 6.07) is 11.1. The van der Waals surface area contributed by atoms with Crippen molar-refractivity contribution in [2.24, 2.45) is 0 Å². The van der Waals surface area contributed by atoms with Crippen LogP contribution in [-0.2, 0) is 0 Å². The number of thiophene rings is 1. The number of pyridine rings is 1. The van der Waals surface area contributed by atoms with Crippen molar-refractivity contribution in [1.82, 2.24) is 4.98 Å². The Morgan fingerprint density at radius 2 is 2.04 bits per heavy atom. The van der Waals surface area contributed by atoms with Crippen LogP contribution in [0.25, 0.3) is 4.91 Å². The summed E-state index contributed by atoms with van der Waals surface area (Å²) in [5.41, 5.74) is 1.77. The van der Waals surface area contributed by atoms with Crippen molar-refractivity contribution >= 4 is 43.9 Å². The first-order valence-corrected chi connectivity index (χ1v) is 10.8. The van der Waals surface area contributed by atoms with E-state index in [1.54, 1.807) is 47.6 Å². The molecule has 1 aromatic carbocycles. The quantitative estimate of drug-likeness (QED) is 0.500. The van der Waals surface area contributed by atoms with E-state index < -0.39 is 17.7 Å². The van der Waals surface area contributed by atoms with E-state index in [4.69, 9.17) is 0 Å². The number of nitrogens with zero attached hydrogens (tertiary/aromatic N) is 1. The number of hydrogen-bond donors (Lipinski definition) is 1. The molecular weight excluding hydrogens is 452 g/mol. The Bertz CT molecular complexity index is 1010. The van der Waals surface area contributed by atoms with Crippen LogP contribution in [0.4, 0.5) is 8.78 Å². The lowest BCUT2D eigenvalue weighted by atomic mass is 9.86. The molecule has 0 spiro atoms. The maximum atomic E-state index is 14.5. The van der Waals surface area contributed by atoms with Gasteiger partial charge < -0.3 is 5.11 Å². The lowest BCUT2D eigenvalue weighted by Crippen LogP contribution is -2.12. The maximum absolute atomic E-state index is 14.5. The lowest BCUT2D eigenvalue weighted by Gasteiger charge is -2.21. The molecule has 1 aliphatic heterocycles. The molecule has 7 heteroatoms. The third kappa shape index (κ3) is 3.74. The van der Waals surface area contributed by atoms with Gasteiger partial charge in [-0.25, -0.2) is 8.78 Å². The van der Waals surface area contributed by atoms with Crippen LogP contribution in [0, 0.1) is 11.6 Å². The molecule has 2 aromatic heterocycles. The molecule has 27 heavy (non-hydrogen) atoms. The molecule has 0 aliphatic carbocycles. The molecule has 2 unspecified atom stereocenters. The molecule has 2 nitrogen and oxygen atoms in total. The number of rotatable bonds is 4. The van der Waals surface area contributed by atoms with E-state index in [0.717, 1.165) is 25.2 Å². The molecule has 3 aromatic rings. The number of halogens is 3. The van der Waals surface area contributed by atoms with Crippen molar-refractivity contribution in [3.05, 3.63) is 91.9 Å². The highest BCUT2D eigenvalue weighted by Crippen LogP contribution is 2.53. The zero-order valence-electron chi connectivity index (χ0n) is 13.9. The molecule has 2 atom stereocenters. The minimum atomic E-state index is -0.918. The molecule has 0 saturated carbocycles. The van der Waals surface area contributed by atoms with Crippen molar-refractivity contribution in [3.63, 3.8) is 0 Å². The Balaban J connectivity index is 1.85. The third-order valence-corrected chi connectivity index (χ3v) is 7.48.